The van der Waals surface area contributed by atoms with E-state index in [9.17, 15) is 4.79 Å². The van der Waals surface area contributed by atoms with Gasteiger partial charge in [-0.1, -0.05) is 16.8 Å². The predicted octanol–water partition coefficient (Wildman–Crippen LogP) is 2.05. The minimum atomic E-state index is -1.13. The van der Waals surface area contributed by atoms with Gasteiger partial charge in [0.2, 0.25) is 6.79 Å². The van der Waals surface area contributed by atoms with E-state index in [1.807, 2.05) is 0 Å². The number of fused-ring (bicyclic) bond motifs is 1. The number of nitrogens with zero attached hydrogens (tertiary/aromatic N) is 1. The van der Waals surface area contributed by atoms with Gasteiger partial charge in [-0.3, -0.25) is 0 Å². The van der Waals surface area contributed by atoms with Crippen molar-refractivity contribution in [3.8, 4) is 11.5 Å². The normalized spacial score (nSPS) is 13.6. The Bertz CT molecular complexity index is 514. The molecule has 1 aliphatic rings. The molecule has 0 unspecified atom stereocenters. The molecular weight excluding hydrogens is 262 g/mol. The number of carboxylic acids is 1. The van der Waals surface area contributed by atoms with Crippen LogP contribution in [-0.4, -0.2) is 23.6 Å². The molecule has 0 spiro atoms. The zero-order valence-electron chi connectivity index (χ0n) is 9.47. The molecule has 0 saturated heterocycles. The summed E-state index contributed by atoms with van der Waals surface area (Å²) in [6.45, 7) is 1.55. The van der Waals surface area contributed by atoms with E-state index < -0.39 is 5.97 Å². The van der Waals surface area contributed by atoms with Crippen LogP contribution >= 0.6 is 11.6 Å². The van der Waals surface area contributed by atoms with Crippen LogP contribution in [0.25, 0.3) is 0 Å². The maximum Gasteiger partial charge on any atom is 0.353 e. The number of ether oxygens (including phenoxy) is 2. The first-order valence-electron chi connectivity index (χ1n) is 5.06. The molecule has 1 heterocycles. The number of aliphatic carboxylic acids is 1. The molecule has 1 N–H and O–H groups in total. The number of hydrogen-bond acceptors (Lipinski definition) is 5. The van der Waals surface area contributed by atoms with Crippen LogP contribution in [0, 0.1) is 0 Å². The summed E-state index contributed by atoms with van der Waals surface area (Å²) in [5, 5.41) is 12.5. The van der Waals surface area contributed by atoms with Gasteiger partial charge in [0.15, 0.2) is 17.2 Å². The molecule has 2 rings (SSSR count). The first-order chi connectivity index (χ1) is 8.58. The summed E-state index contributed by atoms with van der Waals surface area (Å²) in [6, 6.07) is 3.30. The van der Waals surface area contributed by atoms with E-state index in [1.165, 1.54) is 6.92 Å². The topological polar surface area (TPSA) is 77.3 Å². The molecular formula is C11H10ClNO5. The molecule has 0 fully saturated rings. The average Bonchev–Trinajstić information content (AvgIpc) is 2.75. The van der Waals surface area contributed by atoms with E-state index in [1.54, 1.807) is 12.1 Å². The highest BCUT2D eigenvalue weighted by Gasteiger charge is 2.16. The SMILES string of the molecule is CC(=NOCc1cc2c(cc1Cl)OCO2)C(=O)O. The van der Waals surface area contributed by atoms with Crippen molar-refractivity contribution >= 4 is 23.3 Å². The minimum Gasteiger partial charge on any atom is -0.477 e. The highest BCUT2D eigenvalue weighted by molar-refractivity contribution is 6.34. The van der Waals surface area contributed by atoms with Gasteiger partial charge >= 0.3 is 5.97 Å². The number of carboxylic acid groups (broad SMARTS) is 1. The van der Waals surface area contributed by atoms with E-state index in [-0.39, 0.29) is 19.1 Å². The summed E-state index contributed by atoms with van der Waals surface area (Å²) in [6.07, 6.45) is 0. The summed E-state index contributed by atoms with van der Waals surface area (Å²) in [4.78, 5) is 15.4. The summed E-state index contributed by atoms with van der Waals surface area (Å²) in [5.41, 5.74) is 0.509. The molecule has 0 saturated carbocycles. The van der Waals surface area contributed by atoms with E-state index in [0.717, 1.165) is 0 Å². The molecule has 0 bridgehead atoms. The lowest BCUT2D eigenvalue weighted by Gasteiger charge is -2.05. The van der Waals surface area contributed by atoms with Gasteiger partial charge in [0.1, 0.15) is 6.61 Å². The average molecular weight is 272 g/mol. The first kappa shape index (κ1) is 12.5. The largest absolute Gasteiger partial charge is 0.477 e. The van der Waals surface area contributed by atoms with Crippen molar-refractivity contribution in [3.63, 3.8) is 0 Å². The zero-order chi connectivity index (χ0) is 13.1. The summed E-state index contributed by atoms with van der Waals surface area (Å²) in [5.74, 6) is 0.0256. The standard InChI is InChI=1S/C11H10ClNO5/c1-6(11(14)15)13-18-4-7-2-9-10(3-8(7)12)17-5-16-9/h2-3H,4-5H2,1H3,(H,14,15). The maximum atomic E-state index is 10.5. The van der Waals surface area contributed by atoms with Gasteiger partial charge in [0.25, 0.3) is 0 Å². The molecule has 96 valence electrons. The van der Waals surface area contributed by atoms with Gasteiger partial charge in [-0.05, 0) is 13.0 Å². The first-order valence-corrected chi connectivity index (χ1v) is 5.43. The molecule has 0 aromatic heterocycles. The monoisotopic (exact) mass is 271 g/mol. The molecule has 0 atom stereocenters. The van der Waals surface area contributed by atoms with Crippen molar-refractivity contribution in [2.24, 2.45) is 5.16 Å². The van der Waals surface area contributed by atoms with Crippen LogP contribution in [0.4, 0.5) is 0 Å². The fourth-order valence-corrected chi connectivity index (χ4v) is 1.52. The third kappa shape index (κ3) is 2.65. The number of carbonyl (C=O) groups is 1. The van der Waals surface area contributed by atoms with Crippen molar-refractivity contribution in [1.82, 2.24) is 0 Å². The van der Waals surface area contributed by atoms with Gasteiger partial charge in [-0.25, -0.2) is 4.79 Å². The molecule has 1 aliphatic heterocycles. The van der Waals surface area contributed by atoms with Crippen LogP contribution in [-0.2, 0) is 16.2 Å². The van der Waals surface area contributed by atoms with E-state index in [0.29, 0.717) is 22.1 Å². The Morgan fingerprint density at radius 3 is 2.83 bits per heavy atom. The summed E-state index contributed by atoms with van der Waals surface area (Å²) in [7, 11) is 0. The highest BCUT2D eigenvalue weighted by atomic mass is 35.5. The number of halogens is 1. The quantitative estimate of drug-likeness (QED) is 0.670. The third-order valence-corrected chi connectivity index (χ3v) is 2.62. The smallest absolute Gasteiger partial charge is 0.353 e. The van der Waals surface area contributed by atoms with Crippen LogP contribution < -0.4 is 9.47 Å². The summed E-state index contributed by atoms with van der Waals surface area (Å²) < 4.78 is 10.3. The molecule has 1 aromatic carbocycles. The Labute approximate surface area is 108 Å². The number of rotatable bonds is 4. The molecule has 7 heteroatoms. The van der Waals surface area contributed by atoms with Crippen molar-refractivity contribution in [1.29, 1.82) is 0 Å². The zero-order valence-corrected chi connectivity index (χ0v) is 10.2. The van der Waals surface area contributed by atoms with Crippen molar-refractivity contribution < 1.29 is 24.2 Å². The maximum absolute atomic E-state index is 10.5. The van der Waals surface area contributed by atoms with Gasteiger partial charge in [-0.2, -0.15) is 0 Å². The number of benzene rings is 1. The Balaban J connectivity index is 2.06. The van der Waals surface area contributed by atoms with Crippen LogP contribution in [0.1, 0.15) is 12.5 Å². The van der Waals surface area contributed by atoms with E-state index in [4.69, 9.17) is 31.0 Å². The molecule has 0 amide bonds. The number of oxime groups is 1. The third-order valence-electron chi connectivity index (χ3n) is 2.27. The lowest BCUT2D eigenvalue weighted by Crippen LogP contribution is -2.08. The second-order valence-electron chi connectivity index (χ2n) is 3.55. The second kappa shape index (κ2) is 5.14. The summed E-state index contributed by atoms with van der Waals surface area (Å²) >= 11 is 6.01. The van der Waals surface area contributed by atoms with Crippen LogP contribution in [0.5, 0.6) is 11.5 Å². The lowest BCUT2D eigenvalue weighted by atomic mass is 10.2. The van der Waals surface area contributed by atoms with Crippen molar-refractivity contribution in [3.05, 3.63) is 22.7 Å². The van der Waals surface area contributed by atoms with Gasteiger partial charge in [-0.15, -0.1) is 0 Å². The fourth-order valence-electron chi connectivity index (χ4n) is 1.31. The Kier molecular flexibility index (Phi) is 3.57. The molecule has 1 aromatic rings. The Morgan fingerprint density at radius 2 is 2.17 bits per heavy atom. The van der Waals surface area contributed by atoms with Crippen molar-refractivity contribution in [2.45, 2.75) is 13.5 Å². The minimum absolute atomic E-state index is 0.0556. The van der Waals surface area contributed by atoms with Crippen LogP contribution in [0.3, 0.4) is 0 Å². The van der Waals surface area contributed by atoms with E-state index in [2.05, 4.69) is 5.16 Å². The molecule has 0 aliphatic carbocycles. The molecule has 0 radical (unpaired) electrons. The van der Waals surface area contributed by atoms with Crippen LogP contribution in [0.2, 0.25) is 5.02 Å². The van der Waals surface area contributed by atoms with Gasteiger partial charge in [0.05, 0.1) is 5.02 Å². The van der Waals surface area contributed by atoms with Gasteiger partial charge in [0, 0.05) is 11.6 Å². The molecule has 18 heavy (non-hydrogen) atoms. The number of hydrogen-bond donors (Lipinski definition) is 1. The Hall–Kier alpha value is -1.95. The van der Waals surface area contributed by atoms with Crippen LogP contribution in [0.15, 0.2) is 17.3 Å². The Morgan fingerprint density at radius 1 is 1.50 bits per heavy atom. The van der Waals surface area contributed by atoms with Crippen molar-refractivity contribution in [2.75, 3.05) is 6.79 Å². The van der Waals surface area contributed by atoms with Gasteiger partial charge < -0.3 is 19.4 Å². The fraction of sp³-hybridized carbons (Fsp3) is 0.273. The predicted molar refractivity (Wildman–Crippen MR) is 63.1 cm³/mol. The molecule has 6 nitrogen and oxygen atoms in total. The second-order valence-corrected chi connectivity index (χ2v) is 3.96. The van der Waals surface area contributed by atoms with E-state index >= 15 is 0 Å². The highest BCUT2D eigenvalue weighted by Crippen LogP contribution is 2.36. The lowest BCUT2D eigenvalue weighted by molar-refractivity contribution is -0.129.